The lowest BCUT2D eigenvalue weighted by Crippen LogP contribution is -2.23. The first-order valence-corrected chi connectivity index (χ1v) is 12.5. The van der Waals surface area contributed by atoms with Gasteiger partial charge in [-0.2, -0.15) is 0 Å². The van der Waals surface area contributed by atoms with Gasteiger partial charge >= 0.3 is 0 Å². The standard InChI is InChI=1S/C15H21NO2.C11H7FN2O2S/c1-2-8-16(7-1)9-3-4-13-5-6-14-15(12-13)18-11-10-17-14;12-7-3-1-6(2-4-7)11-14-8(5-17-11)9(15)10(13)16/h5-6,12H,1-4,7-11H2;1-5H,(H2,13,16). The molecule has 2 aliphatic heterocycles. The highest BCUT2D eigenvalue weighted by Crippen LogP contribution is 2.31. The maximum Gasteiger partial charge on any atom is 0.291 e. The molecular formula is C26H28FN3O4S. The van der Waals surface area contributed by atoms with E-state index in [1.54, 1.807) is 12.1 Å². The third-order valence-electron chi connectivity index (χ3n) is 5.80. The minimum atomic E-state index is -1.04. The van der Waals surface area contributed by atoms with E-state index in [1.807, 2.05) is 6.07 Å². The van der Waals surface area contributed by atoms with Gasteiger partial charge in [0.05, 0.1) is 0 Å². The number of nitrogens with zero attached hydrogens (tertiary/aromatic N) is 2. The molecule has 35 heavy (non-hydrogen) atoms. The highest BCUT2D eigenvalue weighted by Gasteiger charge is 2.17. The van der Waals surface area contributed by atoms with Gasteiger partial charge in [-0.25, -0.2) is 9.37 Å². The van der Waals surface area contributed by atoms with Crippen molar-refractivity contribution in [1.82, 2.24) is 9.88 Å². The van der Waals surface area contributed by atoms with Gasteiger partial charge in [-0.15, -0.1) is 11.3 Å². The summed E-state index contributed by atoms with van der Waals surface area (Å²) in [6.07, 6.45) is 5.13. The molecule has 1 amide bonds. The Bertz CT molecular complexity index is 1160. The molecule has 0 atom stereocenters. The number of aryl methyl sites for hydroxylation is 1. The second-order valence-electron chi connectivity index (χ2n) is 8.37. The summed E-state index contributed by atoms with van der Waals surface area (Å²) in [7, 11) is 0. The smallest absolute Gasteiger partial charge is 0.291 e. The number of halogens is 1. The summed E-state index contributed by atoms with van der Waals surface area (Å²) in [5.41, 5.74) is 6.92. The summed E-state index contributed by atoms with van der Waals surface area (Å²) in [5, 5.41) is 1.99. The average Bonchev–Trinajstić information content (AvgIpc) is 3.57. The second-order valence-corrected chi connectivity index (χ2v) is 9.23. The van der Waals surface area contributed by atoms with E-state index in [2.05, 4.69) is 22.0 Å². The van der Waals surface area contributed by atoms with Gasteiger partial charge in [-0.05, 0) is 87.3 Å². The highest BCUT2D eigenvalue weighted by molar-refractivity contribution is 7.13. The molecule has 5 rings (SSSR count). The fourth-order valence-electron chi connectivity index (χ4n) is 3.99. The monoisotopic (exact) mass is 497 g/mol. The van der Waals surface area contributed by atoms with Crippen LogP contribution in [0.15, 0.2) is 47.8 Å². The van der Waals surface area contributed by atoms with Gasteiger partial charge in [0, 0.05) is 10.9 Å². The van der Waals surface area contributed by atoms with E-state index in [9.17, 15) is 14.0 Å². The van der Waals surface area contributed by atoms with Gasteiger partial charge in [0.1, 0.15) is 29.7 Å². The maximum atomic E-state index is 12.7. The van der Waals surface area contributed by atoms with Crippen LogP contribution in [-0.4, -0.2) is 54.4 Å². The van der Waals surface area contributed by atoms with Crippen molar-refractivity contribution in [3.8, 4) is 22.1 Å². The first-order valence-electron chi connectivity index (χ1n) is 11.7. The van der Waals surface area contributed by atoms with Crippen LogP contribution in [0.4, 0.5) is 4.39 Å². The Morgan fingerprint density at radius 3 is 2.46 bits per heavy atom. The number of amides is 1. The van der Waals surface area contributed by atoms with Gasteiger partial charge in [-0.3, -0.25) is 9.59 Å². The van der Waals surface area contributed by atoms with Crippen LogP contribution >= 0.6 is 11.3 Å². The molecule has 0 saturated carbocycles. The molecule has 0 radical (unpaired) electrons. The molecule has 0 bridgehead atoms. The predicted molar refractivity (Wildman–Crippen MR) is 132 cm³/mol. The minimum Gasteiger partial charge on any atom is -0.486 e. The van der Waals surface area contributed by atoms with Crippen LogP contribution in [0.3, 0.4) is 0 Å². The van der Waals surface area contributed by atoms with Crippen molar-refractivity contribution in [2.75, 3.05) is 32.8 Å². The van der Waals surface area contributed by atoms with Crippen LogP contribution in [0.25, 0.3) is 10.6 Å². The lowest BCUT2D eigenvalue weighted by molar-refractivity contribution is -0.114. The highest BCUT2D eigenvalue weighted by atomic mass is 32.1. The molecule has 3 heterocycles. The molecule has 2 aromatic carbocycles. The van der Waals surface area contributed by atoms with Gasteiger partial charge in [-0.1, -0.05) is 6.07 Å². The number of benzene rings is 2. The van der Waals surface area contributed by atoms with E-state index < -0.39 is 11.7 Å². The number of thiazole rings is 1. The fraction of sp³-hybridized carbons (Fsp3) is 0.346. The first kappa shape index (κ1) is 24.8. The zero-order chi connectivity index (χ0) is 24.6. The number of nitrogens with two attached hydrogens (primary N) is 1. The molecule has 1 saturated heterocycles. The molecule has 184 valence electrons. The Labute approximate surface area is 207 Å². The van der Waals surface area contributed by atoms with Crippen molar-refractivity contribution in [2.45, 2.75) is 25.7 Å². The van der Waals surface area contributed by atoms with E-state index in [0.29, 0.717) is 23.8 Å². The molecule has 1 aromatic heterocycles. The summed E-state index contributed by atoms with van der Waals surface area (Å²) < 4.78 is 23.8. The molecule has 3 aromatic rings. The third-order valence-corrected chi connectivity index (χ3v) is 6.69. The lowest BCUT2D eigenvalue weighted by atomic mass is 10.1. The van der Waals surface area contributed by atoms with Gasteiger partial charge in [0.15, 0.2) is 11.5 Å². The molecule has 7 nitrogen and oxygen atoms in total. The van der Waals surface area contributed by atoms with Crippen molar-refractivity contribution < 1.29 is 23.5 Å². The maximum absolute atomic E-state index is 12.7. The fourth-order valence-corrected chi connectivity index (χ4v) is 4.79. The Morgan fingerprint density at radius 1 is 1.03 bits per heavy atom. The van der Waals surface area contributed by atoms with Crippen molar-refractivity contribution in [1.29, 1.82) is 0 Å². The number of likely N-dealkylation sites (tertiary alicyclic amines) is 1. The van der Waals surface area contributed by atoms with E-state index in [0.717, 1.165) is 17.9 Å². The number of ketones is 1. The molecule has 0 spiro atoms. The van der Waals surface area contributed by atoms with Crippen LogP contribution in [-0.2, 0) is 11.2 Å². The molecule has 2 aliphatic rings. The van der Waals surface area contributed by atoms with Crippen LogP contribution in [0.2, 0.25) is 0 Å². The summed E-state index contributed by atoms with van der Waals surface area (Å²) in [6.45, 7) is 5.16. The summed E-state index contributed by atoms with van der Waals surface area (Å²) in [4.78, 5) is 28.5. The number of aromatic nitrogens is 1. The quantitative estimate of drug-likeness (QED) is 0.390. The topological polar surface area (TPSA) is 94.8 Å². The molecular weight excluding hydrogens is 469 g/mol. The number of hydrogen-bond acceptors (Lipinski definition) is 7. The Morgan fingerprint density at radius 2 is 1.74 bits per heavy atom. The van der Waals surface area contributed by atoms with E-state index in [-0.39, 0.29) is 11.5 Å². The van der Waals surface area contributed by atoms with Gasteiger partial charge in [0.25, 0.3) is 11.7 Å². The Kier molecular flexibility index (Phi) is 8.44. The molecule has 2 N–H and O–H groups in total. The number of ether oxygens (including phenoxy) is 2. The Hall–Kier alpha value is -3.30. The number of fused-ring (bicyclic) bond motifs is 1. The van der Waals surface area contributed by atoms with Crippen LogP contribution in [0.5, 0.6) is 11.5 Å². The first-order chi connectivity index (χ1) is 17.0. The van der Waals surface area contributed by atoms with Crippen molar-refractivity contribution in [3.05, 3.63) is 64.9 Å². The number of hydrogen-bond donors (Lipinski definition) is 1. The number of rotatable bonds is 7. The van der Waals surface area contributed by atoms with Crippen molar-refractivity contribution >= 4 is 23.0 Å². The lowest BCUT2D eigenvalue weighted by Gasteiger charge is -2.19. The normalized spacial score (nSPS) is 14.8. The Balaban J connectivity index is 0.000000165. The zero-order valence-corrected chi connectivity index (χ0v) is 20.2. The van der Waals surface area contributed by atoms with E-state index in [4.69, 9.17) is 15.2 Å². The molecule has 1 fully saturated rings. The van der Waals surface area contributed by atoms with E-state index in [1.165, 1.54) is 73.3 Å². The summed E-state index contributed by atoms with van der Waals surface area (Å²) in [5.74, 6) is -0.404. The van der Waals surface area contributed by atoms with Crippen LogP contribution < -0.4 is 15.2 Å². The van der Waals surface area contributed by atoms with Crippen molar-refractivity contribution in [3.63, 3.8) is 0 Å². The average molecular weight is 498 g/mol. The molecule has 0 aliphatic carbocycles. The third kappa shape index (κ3) is 6.86. The molecule has 0 unspecified atom stereocenters. The SMILES string of the molecule is NC(=O)C(=O)c1csc(-c2ccc(F)cc2)n1.c1cc2c(cc1CCCN1CCCC1)OCCO2. The number of primary amides is 1. The summed E-state index contributed by atoms with van der Waals surface area (Å²) in [6, 6.07) is 12.0. The van der Waals surface area contributed by atoms with E-state index >= 15 is 0 Å². The molecule has 9 heteroatoms. The largest absolute Gasteiger partial charge is 0.486 e. The van der Waals surface area contributed by atoms with Crippen LogP contribution in [0, 0.1) is 5.82 Å². The zero-order valence-electron chi connectivity index (χ0n) is 19.4. The van der Waals surface area contributed by atoms with Crippen molar-refractivity contribution in [2.24, 2.45) is 5.73 Å². The van der Waals surface area contributed by atoms with Gasteiger partial charge < -0.3 is 20.1 Å². The minimum absolute atomic E-state index is 0.0156. The number of carbonyl (C=O) groups is 2. The van der Waals surface area contributed by atoms with Gasteiger partial charge in [0.2, 0.25) is 0 Å². The summed E-state index contributed by atoms with van der Waals surface area (Å²) >= 11 is 1.19. The second kappa shape index (κ2) is 11.9. The number of Topliss-reactive ketones (excluding diaryl/α,β-unsaturated/α-hetero) is 1. The van der Waals surface area contributed by atoms with Crippen LogP contribution in [0.1, 0.15) is 35.3 Å². The number of carbonyl (C=O) groups excluding carboxylic acids is 2. The predicted octanol–water partition coefficient (Wildman–Crippen LogP) is 4.10.